The molecular weight excluding hydrogens is 460 g/mol. The van der Waals surface area contributed by atoms with Crippen molar-refractivity contribution >= 4 is 11.8 Å². The van der Waals surface area contributed by atoms with Crippen LogP contribution in [0, 0.1) is 0 Å². The van der Waals surface area contributed by atoms with Crippen LogP contribution in [0.3, 0.4) is 0 Å². The Hall–Kier alpha value is -3.14. The zero-order valence-corrected chi connectivity index (χ0v) is 21.2. The van der Waals surface area contributed by atoms with E-state index < -0.39 is 0 Å². The third-order valence-electron chi connectivity index (χ3n) is 6.76. The first-order valence-electron chi connectivity index (χ1n) is 12.4. The molecule has 9 nitrogen and oxygen atoms in total. The van der Waals surface area contributed by atoms with Crippen LogP contribution in [-0.2, 0) is 14.3 Å². The van der Waals surface area contributed by atoms with Gasteiger partial charge in [-0.25, -0.2) is 0 Å². The standard InChI is InChI=1S/C27H36N4O5/c1-34-23-7-3-21(4-8-23)27(22-5-9-24(35-2)10-6-22)28-25(32)19-29-11-13-31(14-12-29)26(33)20-30-15-17-36-18-16-30/h3-10,27H,11-20H2,1-2H3,(H,28,32). The normalized spacial score (nSPS) is 17.1. The fourth-order valence-electron chi connectivity index (χ4n) is 4.57. The van der Waals surface area contributed by atoms with Crippen LogP contribution < -0.4 is 14.8 Å². The third-order valence-corrected chi connectivity index (χ3v) is 6.76. The second-order valence-corrected chi connectivity index (χ2v) is 9.09. The first kappa shape index (κ1) is 25.9. The molecule has 2 aromatic carbocycles. The van der Waals surface area contributed by atoms with E-state index in [1.54, 1.807) is 14.2 Å². The van der Waals surface area contributed by atoms with Crippen LogP contribution >= 0.6 is 0 Å². The monoisotopic (exact) mass is 496 g/mol. The maximum Gasteiger partial charge on any atom is 0.236 e. The van der Waals surface area contributed by atoms with Crippen molar-refractivity contribution < 1.29 is 23.8 Å². The molecule has 0 radical (unpaired) electrons. The molecule has 0 aliphatic carbocycles. The summed E-state index contributed by atoms with van der Waals surface area (Å²) in [4.78, 5) is 31.9. The molecule has 2 fully saturated rings. The van der Waals surface area contributed by atoms with Gasteiger partial charge in [0.05, 0.1) is 46.6 Å². The Kier molecular flexibility index (Phi) is 9.16. The lowest BCUT2D eigenvalue weighted by atomic mass is 9.98. The maximum absolute atomic E-state index is 13.1. The second-order valence-electron chi connectivity index (χ2n) is 9.09. The van der Waals surface area contributed by atoms with Gasteiger partial charge >= 0.3 is 0 Å². The summed E-state index contributed by atoms with van der Waals surface area (Å²) in [5.41, 5.74) is 1.93. The summed E-state index contributed by atoms with van der Waals surface area (Å²) < 4.78 is 15.9. The maximum atomic E-state index is 13.1. The molecule has 9 heteroatoms. The van der Waals surface area contributed by atoms with Crippen LogP contribution in [0.15, 0.2) is 48.5 Å². The van der Waals surface area contributed by atoms with Gasteiger partial charge in [-0.2, -0.15) is 0 Å². The predicted molar refractivity (Wildman–Crippen MR) is 136 cm³/mol. The van der Waals surface area contributed by atoms with Gasteiger partial charge < -0.3 is 24.4 Å². The van der Waals surface area contributed by atoms with E-state index in [1.807, 2.05) is 53.4 Å². The van der Waals surface area contributed by atoms with E-state index in [4.69, 9.17) is 14.2 Å². The average Bonchev–Trinajstić information content (AvgIpc) is 2.93. The van der Waals surface area contributed by atoms with Gasteiger partial charge in [0.1, 0.15) is 11.5 Å². The van der Waals surface area contributed by atoms with Crippen LogP contribution in [0.1, 0.15) is 17.2 Å². The van der Waals surface area contributed by atoms with Crippen LogP contribution in [-0.4, -0.2) is 106 Å². The zero-order valence-electron chi connectivity index (χ0n) is 21.2. The first-order chi connectivity index (χ1) is 17.6. The lowest BCUT2D eigenvalue weighted by molar-refractivity contribution is -0.135. The lowest BCUT2D eigenvalue weighted by Gasteiger charge is -2.36. The van der Waals surface area contributed by atoms with Gasteiger partial charge in [-0.1, -0.05) is 24.3 Å². The molecule has 2 saturated heterocycles. The molecule has 194 valence electrons. The quantitative estimate of drug-likeness (QED) is 0.562. The number of methoxy groups -OCH3 is 2. The number of piperazine rings is 1. The number of carbonyl (C=O) groups is 2. The van der Waals surface area contributed by atoms with E-state index >= 15 is 0 Å². The third kappa shape index (κ3) is 6.96. The SMILES string of the molecule is COc1ccc(C(NC(=O)CN2CCN(C(=O)CN3CCOCC3)CC2)c2ccc(OC)cc2)cc1. The van der Waals surface area contributed by atoms with Gasteiger partial charge in [-0.05, 0) is 35.4 Å². The molecule has 0 saturated carbocycles. The van der Waals surface area contributed by atoms with Crippen molar-refractivity contribution in [3.8, 4) is 11.5 Å². The number of hydrogen-bond acceptors (Lipinski definition) is 7. The van der Waals surface area contributed by atoms with E-state index in [2.05, 4.69) is 15.1 Å². The summed E-state index contributed by atoms with van der Waals surface area (Å²) in [7, 11) is 3.27. The van der Waals surface area contributed by atoms with Gasteiger partial charge in [0.2, 0.25) is 11.8 Å². The van der Waals surface area contributed by atoms with Gasteiger partial charge in [-0.3, -0.25) is 19.4 Å². The Balaban J connectivity index is 1.33. The molecule has 4 rings (SSSR count). The molecule has 36 heavy (non-hydrogen) atoms. The number of ether oxygens (including phenoxy) is 3. The van der Waals surface area contributed by atoms with Crippen LogP contribution in [0.4, 0.5) is 0 Å². The lowest BCUT2D eigenvalue weighted by Crippen LogP contribution is -2.53. The minimum Gasteiger partial charge on any atom is -0.497 e. The summed E-state index contributed by atoms with van der Waals surface area (Å²) >= 11 is 0. The van der Waals surface area contributed by atoms with Crippen LogP contribution in [0.25, 0.3) is 0 Å². The summed E-state index contributed by atoms with van der Waals surface area (Å²) in [6, 6.07) is 15.1. The van der Waals surface area contributed by atoms with Gasteiger partial charge in [-0.15, -0.1) is 0 Å². The van der Waals surface area contributed by atoms with Crippen LogP contribution in [0.5, 0.6) is 11.5 Å². The Bertz CT molecular complexity index is 937. The summed E-state index contributed by atoms with van der Waals surface area (Å²) in [6.07, 6.45) is 0. The summed E-state index contributed by atoms with van der Waals surface area (Å²) in [6.45, 7) is 6.33. The fraction of sp³-hybridized carbons (Fsp3) is 0.481. The number of rotatable bonds is 9. The smallest absolute Gasteiger partial charge is 0.236 e. The van der Waals surface area contributed by atoms with Crippen LogP contribution in [0.2, 0.25) is 0 Å². The Morgan fingerprint density at radius 3 is 1.78 bits per heavy atom. The molecule has 0 spiro atoms. The van der Waals surface area contributed by atoms with Crippen molar-refractivity contribution in [2.45, 2.75) is 6.04 Å². The number of benzene rings is 2. The minimum atomic E-state index is -0.300. The van der Waals surface area contributed by atoms with E-state index in [9.17, 15) is 9.59 Å². The second kappa shape index (κ2) is 12.7. The molecule has 0 atom stereocenters. The molecule has 1 N–H and O–H groups in total. The van der Waals surface area contributed by atoms with Crippen molar-refractivity contribution in [3.05, 3.63) is 59.7 Å². The van der Waals surface area contributed by atoms with Gasteiger partial charge in [0.15, 0.2) is 0 Å². The van der Waals surface area contributed by atoms with Crippen molar-refractivity contribution in [1.82, 2.24) is 20.0 Å². The van der Waals surface area contributed by atoms with E-state index in [0.29, 0.717) is 45.9 Å². The van der Waals surface area contributed by atoms with Gasteiger partial charge in [0.25, 0.3) is 0 Å². The largest absolute Gasteiger partial charge is 0.497 e. The molecule has 2 amide bonds. The molecule has 2 aliphatic heterocycles. The molecule has 2 heterocycles. The van der Waals surface area contributed by atoms with Gasteiger partial charge in [0, 0.05) is 39.3 Å². The topological polar surface area (TPSA) is 83.6 Å². The predicted octanol–water partition coefficient (Wildman–Crippen LogP) is 1.39. The van der Waals surface area contributed by atoms with E-state index in [-0.39, 0.29) is 24.4 Å². The van der Waals surface area contributed by atoms with Crippen molar-refractivity contribution in [3.63, 3.8) is 0 Å². The Morgan fingerprint density at radius 1 is 0.778 bits per heavy atom. The summed E-state index contributed by atoms with van der Waals surface area (Å²) in [5.74, 6) is 1.62. The van der Waals surface area contributed by atoms with Crippen molar-refractivity contribution in [2.75, 3.05) is 79.8 Å². The molecule has 0 unspecified atom stereocenters. The highest BCUT2D eigenvalue weighted by Gasteiger charge is 2.25. The highest BCUT2D eigenvalue weighted by molar-refractivity contribution is 5.80. The molecule has 2 aromatic rings. The molecule has 0 bridgehead atoms. The molecule has 0 aromatic heterocycles. The number of morpholine rings is 1. The number of hydrogen-bond donors (Lipinski definition) is 1. The minimum absolute atomic E-state index is 0.0558. The summed E-state index contributed by atoms with van der Waals surface area (Å²) in [5, 5.41) is 3.20. The highest BCUT2D eigenvalue weighted by atomic mass is 16.5. The molecule has 2 aliphatic rings. The number of nitrogens with zero attached hydrogens (tertiary/aromatic N) is 3. The van der Waals surface area contributed by atoms with Crippen molar-refractivity contribution in [2.24, 2.45) is 0 Å². The van der Waals surface area contributed by atoms with Crippen molar-refractivity contribution in [1.29, 1.82) is 0 Å². The first-order valence-corrected chi connectivity index (χ1v) is 12.4. The fourth-order valence-corrected chi connectivity index (χ4v) is 4.57. The Morgan fingerprint density at radius 2 is 1.28 bits per heavy atom. The molecular formula is C27H36N4O5. The Labute approximate surface area is 212 Å². The van der Waals surface area contributed by atoms with E-state index in [1.165, 1.54) is 0 Å². The van der Waals surface area contributed by atoms with E-state index in [0.717, 1.165) is 35.7 Å². The average molecular weight is 497 g/mol. The number of amides is 2. The highest BCUT2D eigenvalue weighted by Crippen LogP contribution is 2.26. The number of carbonyl (C=O) groups excluding carboxylic acids is 2. The number of nitrogens with one attached hydrogen (secondary N) is 1. The zero-order chi connectivity index (χ0) is 25.3.